The number of halogens is 2. The van der Waals surface area contributed by atoms with E-state index >= 15 is 0 Å². The molecule has 3 nitrogen and oxygen atoms in total. The summed E-state index contributed by atoms with van der Waals surface area (Å²) >= 11 is 8.19. The minimum atomic E-state index is -0.0954. The van der Waals surface area contributed by atoms with Crippen LogP contribution in [-0.4, -0.2) is 19.0 Å². The van der Waals surface area contributed by atoms with Crippen molar-refractivity contribution in [2.45, 2.75) is 13.8 Å². The molecule has 1 aromatic heterocycles. The number of benzene rings is 1. The van der Waals surface area contributed by atoms with E-state index in [1.54, 1.807) is 0 Å². The second-order valence-corrected chi connectivity index (χ2v) is 7.63. The van der Waals surface area contributed by atoms with Gasteiger partial charge in [0.15, 0.2) is 0 Å². The van der Waals surface area contributed by atoms with Crippen LogP contribution >= 0.6 is 43.2 Å². The predicted molar refractivity (Wildman–Crippen MR) is 97.7 cm³/mol. The van der Waals surface area contributed by atoms with Gasteiger partial charge in [-0.3, -0.25) is 4.79 Å². The zero-order chi connectivity index (χ0) is 15.4. The van der Waals surface area contributed by atoms with Gasteiger partial charge in [0.05, 0.1) is 8.66 Å². The smallest absolute Gasteiger partial charge is 0.265 e. The van der Waals surface area contributed by atoms with Crippen molar-refractivity contribution in [1.82, 2.24) is 0 Å². The maximum atomic E-state index is 12.2. The van der Waals surface area contributed by atoms with Gasteiger partial charge in [0.25, 0.3) is 5.91 Å². The first-order chi connectivity index (χ1) is 10.0. The van der Waals surface area contributed by atoms with Crippen molar-refractivity contribution in [2.24, 2.45) is 0 Å². The fourth-order valence-electron chi connectivity index (χ4n) is 2.00. The van der Waals surface area contributed by atoms with Gasteiger partial charge in [0.2, 0.25) is 0 Å². The van der Waals surface area contributed by atoms with E-state index in [1.165, 1.54) is 17.0 Å². The van der Waals surface area contributed by atoms with Crippen LogP contribution in [0.25, 0.3) is 0 Å². The van der Waals surface area contributed by atoms with Gasteiger partial charge in [-0.25, -0.2) is 0 Å². The Morgan fingerprint density at radius 3 is 2.29 bits per heavy atom. The molecule has 0 aliphatic carbocycles. The number of amides is 1. The van der Waals surface area contributed by atoms with E-state index in [-0.39, 0.29) is 5.91 Å². The molecular formula is C15H16Br2N2OS. The summed E-state index contributed by atoms with van der Waals surface area (Å²) in [5, 5.41) is 2.91. The standard InChI is InChI=1S/C15H16Br2N2OS/c1-3-19(4-2)11-7-5-10(6-8-11)18-15(20)13-9-12(16)14(17)21-13/h5-9H,3-4H2,1-2H3,(H,18,20). The van der Waals surface area contributed by atoms with Crippen LogP contribution in [0.15, 0.2) is 38.6 Å². The first-order valence-corrected chi connectivity index (χ1v) is 9.06. The molecule has 0 aliphatic heterocycles. The zero-order valence-electron chi connectivity index (χ0n) is 11.8. The SMILES string of the molecule is CCN(CC)c1ccc(NC(=O)c2cc(Br)c(Br)s2)cc1. The first kappa shape index (κ1) is 16.5. The van der Waals surface area contributed by atoms with Crippen LogP contribution in [0.2, 0.25) is 0 Å². The summed E-state index contributed by atoms with van der Waals surface area (Å²) < 4.78 is 1.82. The van der Waals surface area contributed by atoms with E-state index in [0.717, 1.165) is 27.0 Å². The van der Waals surface area contributed by atoms with Crippen LogP contribution in [0, 0.1) is 0 Å². The second-order valence-electron chi connectivity index (χ2n) is 4.41. The summed E-state index contributed by atoms with van der Waals surface area (Å²) in [6, 6.07) is 9.74. The lowest BCUT2D eigenvalue weighted by Gasteiger charge is -2.21. The number of nitrogens with zero attached hydrogens (tertiary/aromatic N) is 1. The van der Waals surface area contributed by atoms with Gasteiger partial charge < -0.3 is 10.2 Å². The maximum absolute atomic E-state index is 12.2. The van der Waals surface area contributed by atoms with Gasteiger partial charge in [-0.05, 0) is 76.0 Å². The molecule has 0 saturated carbocycles. The van der Waals surface area contributed by atoms with Crippen molar-refractivity contribution >= 4 is 60.5 Å². The Morgan fingerprint density at radius 2 is 1.81 bits per heavy atom. The van der Waals surface area contributed by atoms with Crippen molar-refractivity contribution in [3.63, 3.8) is 0 Å². The quantitative estimate of drug-likeness (QED) is 0.689. The molecule has 1 N–H and O–H groups in total. The molecule has 112 valence electrons. The normalized spacial score (nSPS) is 10.5. The molecule has 0 fully saturated rings. The van der Waals surface area contributed by atoms with Gasteiger partial charge in [0.1, 0.15) is 0 Å². The summed E-state index contributed by atoms with van der Waals surface area (Å²) in [5.74, 6) is -0.0954. The number of nitrogens with one attached hydrogen (secondary N) is 1. The Balaban J connectivity index is 2.08. The van der Waals surface area contributed by atoms with Crippen LogP contribution < -0.4 is 10.2 Å². The summed E-state index contributed by atoms with van der Waals surface area (Å²) in [5.41, 5.74) is 1.97. The Morgan fingerprint density at radius 1 is 1.19 bits per heavy atom. The third-order valence-electron chi connectivity index (χ3n) is 3.12. The van der Waals surface area contributed by atoms with Crippen LogP contribution in [0.1, 0.15) is 23.5 Å². The Kier molecular flexibility index (Phi) is 5.84. The van der Waals surface area contributed by atoms with E-state index in [1.807, 2.05) is 30.3 Å². The van der Waals surface area contributed by atoms with Gasteiger partial charge in [-0.15, -0.1) is 11.3 Å². The monoisotopic (exact) mass is 430 g/mol. The van der Waals surface area contributed by atoms with Crippen molar-refractivity contribution in [3.8, 4) is 0 Å². The Hall–Kier alpha value is -0.850. The molecule has 0 saturated heterocycles. The third kappa shape index (κ3) is 4.08. The minimum absolute atomic E-state index is 0.0954. The van der Waals surface area contributed by atoms with Crippen molar-refractivity contribution in [3.05, 3.63) is 43.5 Å². The van der Waals surface area contributed by atoms with E-state index in [0.29, 0.717) is 4.88 Å². The van der Waals surface area contributed by atoms with Gasteiger partial charge >= 0.3 is 0 Å². The van der Waals surface area contributed by atoms with E-state index in [4.69, 9.17) is 0 Å². The highest BCUT2D eigenvalue weighted by Crippen LogP contribution is 2.32. The topological polar surface area (TPSA) is 32.3 Å². The first-order valence-electron chi connectivity index (χ1n) is 6.66. The molecule has 0 atom stereocenters. The van der Waals surface area contributed by atoms with E-state index in [9.17, 15) is 4.79 Å². The summed E-state index contributed by atoms with van der Waals surface area (Å²) in [7, 11) is 0. The molecule has 0 radical (unpaired) electrons. The van der Waals surface area contributed by atoms with Gasteiger partial charge in [-0.1, -0.05) is 0 Å². The molecule has 21 heavy (non-hydrogen) atoms. The molecule has 0 bridgehead atoms. The van der Waals surface area contributed by atoms with Gasteiger partial charge in [-0.2, -0.15) is 0 Å². The number of carbonyl (C=O) groups is 1. The Bertz CT molecular complexity index is 602. The lowest BCUT2D eigenvalue weighted by molar-refractivity contribution is 0.103. The molecule has 2 rings (SSSR count). The largest absolute Gasteiger partial charge is 0.372 e. The molecule has 0 unspecified atom stereocenters. The number of hydrogen-bond donors (Lipinski definition) is 1. The van der Waals surface area contributed by atoms with E-state index in [2.05, 4.69) is 55.9 Å². The van der Waals surface area contributed by atoms with Crippen LogP contribution in [0.3, 0.4) is 0 Å². The predicted octanol–water partition coefficient (Wildman–Crippen LogP) is 5.37. The van der Waals surface area contributed by atoms with Crippen molar-refractivity contribution < 1.29 is 4.79 Å². The molecule has 1 aromatic carbocycles. The van der Waals surface area contributed by atoms with E-state index < -0.39 is 0 Å². The Labute approximate surface area is 145 Å². The summed E-state index contributed by atoms with van der Waals surface area (Å²) in [4.78, 5) is 15.1. The molecule has 1 amide bonds. The molecule has 6 heteroatoms. The highest BCUT2D eigenvalue weighted by Gasteiger charge is 2.12. The third-order valence-corrected chi connectivity index (χ3v) is 6.38. The lowest BCUT2D eigenvalue weighted by atomic mass is 10.2. The number of carbonyl (C=O) groups excluding carboxylic acids is 1. The second kappa shape index (κ2) is 7.42. The molecule has 1 heterocycles. The summed E-state index contributed by atoms with van der Waals surface area (Å²) in [6.45, 7) is 6.20. The fourth-order valence-corrected chi connectivity index (χ4v) is 3.93. The number of hydrogen-bond acceptors (Lipinski definition) is 3. The van der Waals surface area contributed by atoms with Crippen LogP contribution in [0.4, 0.5) is 11.4 Å². The zero-order valence-corrected chi connectivity index (χ0v) is 15.8. The van der Waals surface area contributed by atoms with Gasteiger partial charge in [0, 0.05) is 28.9 Å². The number of rotatable bonds is 5. The average molecular weight is 432 g/mol. The highest BCUT2D eigenvalue weighted by molar-refractivity contribution is 9.13. The fraction of sp³-hybridized carbons (Fsp3) is 0.267. The van der Waals surface area contributed by atoms with Crippen molar-refractivity contribution in [1.29, 1.82) is 0 Å². The molecule has 2 aromatic rings. The molecule has 0 spiro atoms. The molecular weight excluding hydrogens is 416 g/mol. The maximum Gasteiger partial charge on any atom is 0.265 e. The number of anilines is 2. The highest BCUT2D eigenvalue weighted by atomic mass is 79.9. The lowest BCUT2D eigenvalue weighted by Crippen LogP contribution is -2.21. The summed E-state index contributed by atoms with van der Waals surface area (Å²) in [6.07, 6.45) is 0. The van der Waals surface area contributed by atoms with Crippen LogP contribution in [0.5, 0.6) is 0 Å². The average Bonchev–Trinajstić information content (AvgIpc) is 2.82. The molecule has 0 aliphatic rings. The number of thiophene rings is 1. The van der Waals surface area contributed by atoms with Crippen LogP contribution in [-0.2, 0) is 0 Å². The minimum Gasteiger partial charge on any atom is -0.372 e. The van der Waals surface area contributed by atoms with Crippen molar-refractivity contribution in [2.75, 3.05) is 23.3 Å².